The molecule has 1 aromatic heterocycles. The first-order valence-corrected chi connectivity index (χ1v) is 7.93. The maximum atomic E-state index is 6.08. The lowest BCUT2D eigenvalue weighted by Crippen LogP contribution is -2.33. The van der Waals surface area contributed by atoms with Gasteiger partial charge in [0.25, 0.3) is 0 Å². The number of hydrogen-bond acceptors (Lipinski definition) is 3. The fourth-order valence-corrected chi connectivity index (χ4v) is 2.67. The molecule has 0 fully saturated rings. The number of aromatic nitrogens is 1. The number of nitrogens with zero attached hydrogens (tertiary/aromatic N) is 3. The van der Waals surface area contributed by atoms with Crippen molar-refractivity contribution in [2.45, 2.75) is 20.8 Å². The first kappa shape index (κ1) is 16.1. The fraction of sp³-hybridized carbons (Fsp3) is 0.471. The Morgan fingerprint density at radius 3 is 2.48 bits per heavy atom. The number of likely N-dealkylation sites (N-methyl/N-ethyl adjacent to an activating group) is 2. The standard InChI is InChI=1S/C17H24ClN3/c1-5-21(6-2)10-9-20(4)17-11-13(3)15-8-7-14(18)12-16(15)19-17/h7-8,11-12H,5-6,9-10H2,1-4H3. The van der Waals surface area contributed by atoms with Crippen LogP contribution < -0.4 is 4.90 Å². The number of aryl methyl sites for hydroxylation is 1. The maximum Gasteiger partial charge on any atom is 0.129 e. The van der Waals surface area contributed by atoms with Gasteiger partial charge in [-0.05, 0) is 43.8 Å². The third kappa shape index (κ3) is 3.86. The van der Waals surface area contributed by atoms with Crippen LogP contribution in [0.5, 0.6) is 0 Å². The number of pyridine rings is 1. The fourth-order valence-electron chi connectivity index (χ4n) is 2.50. The van der Waals surface area contributed by atoms with Crippen molar-refractivity contribution in [2.75, 3.05) is 38.1 Å². The zero-order chi connectivity index (χ0) is 15.4. The molecule has 0 amide bonds. The summed E-state index contributed by atoms with van der Waals surface area (Å²) in [5.41, 5.74) is 2.20. The highest BCUT2D eigenvalue weighted by Crippen LogP contribution is 2.24. The van der Waals surface area contributed by atoms with Gasteiger partial charge < -0.3 is 9.80 Å². The number of hydrogen-bond donors (Lipinski definition) is 0. The molecule has 21 heavy (non-hydrogen) atoms. The molecule has 0 unspecified atom stereocenters. The summed E-state index contributed by atoms with van der Waals surface area (Å²) in [6, 6.07) is 8.05. The van der Waals surface area contributed by atoms with Gasteiger partial charge in [0.2, 0.25) is 0 Å². The highest BCUT2D eigenvalue weighted by molar-refractivity contribution is 6.31. The quantitative estimate of drug-likeness (QED) is 0.805. The molecule has 0 saturated heterocycles. The molecular weight excluding hydrogens is 282 g/mol. The van der Waals surface area contributed by atoms with Crippen molar-refractivity contribution in [2.24, 2.45) is 0 Å². The number of anilines is 1. The lowest BCUT2D eigenvalue weighted by Gasteiger charge is -2.24. The molecule has 2 aromatic rings. The largest absolute Gasteiger partial charge is 0.358 e. The molecule has 0 aliphatic rings. The van der Waals surface area contributed by atoms with E-state index in [0.717, 1.165) is 42.5 Å². The van der Waals surface area contributed by atoms with E-state index in [1.54, 1.807) is 0 Å². The molecule has 0 bridgehead atoms. The summed E-state index contributed by atoms with van der Waals surface area (Å²) in [5.74, 6) is 1.01. The summed E-state index contributed by atoms with van der Waals surface area (Å²) in [6.07, 6.45) is 0. The van der Waals surface area contributed by atoms with Crippen LogP contribution >= 0.6 is 11.6 Å². The number of halogens is 1. The number of fused-ring (bicyclic) bond motifs is 1. The third-order valence-electron chi connectivity index (χ3n) is 4.00. The lowest BCUT2D eigenvalue weighted by molar-refractivity contribution is 0.311. The second-order valence-corrected chi connectivity index (χ2v) is 5.84. The molecule has 0 aliphatic heterocycles. The van der Waals surface area contributed by atoms with Crippen molar-refractivity contribution in [1.82, 2.24) is 9.88 Å². The van der Waals surface area contributed by atoms with Crippen molar-refractivity contribution in [3.63, 3.8) is 0 Å². The van der Waals surface area contributed by atoms with Crippen LogP contribution in [0.3, 0.4) is 0 Å². The van der Waals surface area contributed by atoms with Crippen LogP contribution in [0.4, 0.5) is 5.82 Å². The smallest absolute Gasteiger partial charge is 0.129 e. The predicted octanol–water partition coefficient (Wildman–Crippen LogP) is 3.97. The molecule has 0 atom stereocenters. The van der Waals surface area contributed by atoms with Crippen molar-refractivity contribution < 1.29 is 0 Å². The summed E-state index contributed by atoms with van der Waals surface area (Å²) in [6.45, 7) is 10.7. The third-order valence-corrected chi connectivity index (χ3v) is 4.24. The van der Waals surface area contributed by atoms with Gasteiger partial charge in [-0.15, -0.1) is 0 Å². The molecule has 0 N–H and O–H groups in total. The molecular formula is C17H24ClN3. The van der Waals surface area contributed by atoms with Crippen LogP contribution in [-0.4, -0.2) is 43.1 Å². The van der Waals surface area contributed by atoms with E-state index in [1.165, 1.54) is 10.9 Å². The Hall–Kier alpha value is -1.32. The second-order valence-electron chi connectivity index (χ2n) is 5.41. The van der Waals surface area contributed by atoms with E-state index >= 15 is 0 Å². The molecule has 2 rings (SSSR count). The van der Waals surface area contributed by atoms with E-state index in [0.29, 0.717) is 0 Å². The Morgan fingerprint density at radius 2 is 1.81 bits per heavy atom. The molecule has 0 saturated carbocycles. The van der Waals surface area contributed by atoms with E-state index in [2.05, 4.69) is 43.7 Å². The van der Waals surface area contributed by atoms with Gasteiger partial charge in [0.1, 0.15) is 5.82 Å². The Kier molecular flexibility index (Phi) is 5.43. The minimum absolute atomic E-state index is 0.734. The predicted molar refractivity (Wildman–Crippen MR) is 92.5 cm³/mol. The van der Waals surface area contributed by atoms with Crippen LogP contribution in [0.25, 0.3) is 10.9 Å². The van der Waals surface area contributed by atoms with E-state index in [4.69, 9.17) is 16.6 Å². The van der Waals surface area contributed by atoms with Crippen molar-refractivity contribution in [3.8, 4) is 0 Å². The van der Waals surface area contributed by atoms with Crippen molar-refractivity contribution in [1.29, 1.82) is 0 Å². The molecule has 3 nitrogen and oxygen atoms in total. The Labute approximate surface area is 132 Å². The van der Waals surface area contributed by atoms with Crippen molar-refractivity contribution >= 4 is 28.3 Å². The number of rotatable bonds is 6. The van der Waals surface area contributed by atoms with E-state index < -0.39 is 0 Å². The normalized spacial score (nSPS) is 11.3. The van der Waals surface area contributed by atoms with Gasteiger partial charge in [0, 0.05) is 30.5 Å². The van der Waals surface area contributed by atoms with E-state index in [1.807, 2.05) is 18.2 Å². The topological polar surface area (TPSA) is 19.4 Å². The zero-order valence-electron chi connectivity index (χ0n) is 13.4. The van der Waals surface area contributed by atoms with Gasteiger partial charge in [-0.3, -0.25) is 0 Å². The monoisotopic (exact) mass is 305 g/mol. The molecule has 114 valence electrons. The summed E-state index contributed by atoms with van der Waals surface area (Å²) in [4.78, 5) is 9.38. The van der Waals surface area contributed by atoms with Crippen LogP contribution in [0.2, 0.25) is 5.02 Å². The maximum absolute atomic E-state index is 6.08. The molecule has 4 heteroatoms. The average Bonchev–Trinajstić information content (AvgIpc) is 2.47. The molecule has 1 heterocycles. The van der Waals surface area contributed by atoms with Gasteiger partial charge >= 0.3 is 0 Å². The molecule has 0 radical (unpaired) electrons. The van der Waals surface area contributed by atoms with Gasteiger partial charge in [-0.1, -0.05) is 31.5 Å². The summed E-state index contributed by atoms with van der Waals surface area (Å²) >= 11 is 6.08. The molecule has 0 aliphatic carbocycles. The van der Waals surface area contributed by atoms with Crippen LogP contribution in [0, 0.1) is 6.92 Å². The van der Waals surface area contributed by atoms with Crippen molar-refractivity contribution in [3.05, 3.63) is 34.9 Å². The molecule has 1 aromatic carbocycles. The lowest BCUT2D eigenvalue weighted by atomic mass is 10.1. The first-order chi connectivity index (χ1) is 10.0. The Balaban J connectivity index is 2.21. The highest BCUT2D eigenvalue weighted by Gasteiger charge is 2.08. The Morgan fingerprint density at radius 1 is 1.10 bits per heavy atom. The van der Waals surface area contributed by atoms with Gasteiger partial charge in [-0.25, -0.2) is 4.98 Å². The zero-order valence-corrected chi connectivity index (χ0v) is 14.1. The minimum atomic E-state index is 0.734. The van der Waals surface area contributed by atoms with Crippen LogP contribution in [0.15, 0.2) is 24.3 Å². The first-order valence-electron chi connectivity index (χ1n) is 7.55. The number of benzene rings is 1. The van der Waals surface area contributed by atoms with E-state index in [9.17, 15) is 0 Å². The van der Waals surface area contributed by atoms with Crippen LogP contribution in [-0.2, 0) is 0 Å². The van der Waals surface area contributed by atoms with Gasteiger partial charge in [0.05, 0.1) is 5.52 Å². The summed E-state index contributed by atoms with van der Waals surface area (Å²) < 4.78 is 0. The van der Waals surface area contributed by atoms with Crippen LogP contribution in [0.1, 0.15) is 19.4 Å². The van der Waals surface area contributed by atoms with Gasteiger partial charge in [-0.2, -0.15) is 0 Å². The average molecular weight is 306 g/mol. The summed E-state index contributed by atoms with van der Waals surface area (Å²) in [5, 5.41) is 1.90. The second kappa shape index (κ2) is 7.10. The molecule has 0 spiro atoms. The Bertz CT molecular complexity index is 608. The summed E-state index contributed by atoms with van der Waals surface area (Å²) in [7, 11) is 2.10. The highest BCUT2D eigenvalue weighted by atomic mass is 35.5. The minimum Gasteiger partial charge on any atom is -0.358 e. The van der Waals surface area contributed by atoms with Gasteiger partial charge in [0.15, 0.2) is 0 Å². The SMILES string of the molecule is CCN(CC)CCN(C)c1cc(C)c2ccc(Cl)cc2n1. The van der Waals surface area contributed by atoms with E-state index in [-0.39, 0.29) is 0 Å².